The molecule has 0 unspecified atom stereocenters. The molecular weight excluding hydrogens is 268 g/mol. The fourth-order valence-electron chi connectivity index (χ4n) is 2.00. The summed E-state index contributed by atoms with van der Waals surface area (Å²) in [4.78, 5) is 24.8. The van der Waals surface area contributed by atoms with Gasteiger partial charge >= 0.3 is 6.03 Å². The van der Waals surface area contributed by atoms with Crippen molar-refractivity contribution < 1.29 is 9.59 Å². The SMILES string of the molecule is CC(=O)N(CCNC(=O)NC1CC1)c1ccccc1C#N. The number of nitrogens with zero attached hydrogens (tertiary/aromatic N) is 2. The van der Waals surface area contributed by atoms with Gasteiger partial charge in [-0.2, -0.15) is 5.26 Å². The molecule has 1 aliphatic rings. The molecule has 2 N–H and O–H groups in total. The molecule has 6 heteroatoms. The van der Waals surface area contributed by atoms with Gasteiger partial charge < -0.3 is 15.5 Å². The lowest BCUT2D eigenvalue weighted by atomic mass is 10.1. The molecule has 0 bridgehead atoms. The molecule has 1 aliphatic carbocycles. The van der Waals surface area contributed by atoms with E-state index >= 15 is 0 Å². The number of para-hydroxylation sites is 1. The lowest BCUT2D eigenvalue weighted by Gasteiger charge is -2.22. The third-order valence-corrected chi connectivity index (χ3v) is 3.23. The minimum atomic E-state index is -0.213. The Balaban J connectivity index is 1.94. The Kier molecular flexibility index (Phi) is 4.77. The molecule has 0 aromatic heterocycles. The van der Waals surface area contributed by atoms with Crippen molar-refractivity contribution in [1.29, 1.82) is 5.26 Å². The number of nitrogens with one attached hydrogen (secondary N) is 2. The number of rotatable bonds is 5. The predicted octanol–water partition coefficient (Wildman–Crippen LogP) is 1.37. The van der Waals surface area contributed by atoms with Crippen LogP contribution in [0.15, 0.2) is 24.3 Å². The van der Waals surface area contributed by atoms with E-state index in [1.165, 1.54) is 11.8 Å². The third-order valence-electron chi connectivity index (χ3n) is 3.23. The molecule has 21 heavy (non-hydrogen) atoms. The molecular formula is C15H18N4O2. The van der Waals surface area contributed by atoms with Crippen LogP contribution in [0.2, 0.25) is 0 Å². The van der Waals surface area contributed by atoms with Crippen LogP contribution in [0.4, 0.5) is 10.5 Å². The summed E-state index contributed by atoms with van der Waals surface area (Å²) < 4.78 is 0. The fourth-order valence-corrected chi connectivity index (χ4v) is 2.00. The summed E-state index contributed by atoms with van der Waals surface area (Å²) in [5.74, 6) is -0.165. The van der Waals surface area contributed by atoms with E-state index in [-0.39, 0.29) is 11.9 Å². The normalized spacial score (nSPS) is 13.1. The van der Waals surface area contributed by atoms with Crippen LogP contribution in [-0.4, -0.2) is 31.1 Å². The average Bonchev–Trinajstić information content (AvgIpc) is 3.27. The minimum absolute atomic E-state index is 0.165. The molecule has 0 radical (unpaired) electrons. The van der Waals surface area contributed by atoms with Gasteiger partial charge in [-0.05, 0) is 25.0 Å². The Morgan fingerprint density at radius 1 is 1.38 bits per heavy atom. The van der Waals surface area contributed by atoms with Gasteiger partial charge in [0.2, 0.25) is 5.91 Å². The minimum Gasteiger partial charge on any atom is -0.336 e. The first kappa shape index (κ1) is 14.9. The second-order valence-electron chi connectivity index (χ2n) is 4.97. The van der Waals surface area contributed by atoms with E-state index in [2.05, 4.69) is 16.7 Å². The van der Waals surface area contributed by atoms with Gasteiger partial charge in [0.25, 0.3) is 0 Å². The lowest BCUT2D eigenvalue weighted by Crippen LogP contribution is -2.42. The summed E-state index contributed by atoms with van der Waals surface area (Å²) in [5, 5.41) is 14.6. The first-order valence-electron chi connectivity index (χ1n) is 6.93. The van der Waals surface area contributed by atoms with Gasteiger partial charge in [0.1, 0.15) is 6.07 Å². The van der Waals surface area contributed by atoms with Gasteiger partial charge in [0, 0.05) is 26.1 Å². The molecule has 1 aromatic carbocycles. The van der Waals surface area contributed by atoms with Gasteiger partial charge in [-0.1, -0.05) is 12.1 Å². The van der Waals surface area contributed by atoms with Crippen molar-refractivity contribution in [2.24, 2.45) is 0 Å². The van der Waals surface area contributed by atoms with E-state index < -0.39 is 0 Å². The number of carbonyl (C=O) groups is 2. The number of anilines is 1. The topological polar surface area (TPSA) is 85.2 Å². The predicted molar refractivity (Wildman–Crippen MR) is 78.7 cm³/mol. The molecule has 2 rings (SSSR count). The standard InChI is InChI=1S/C15H18N4O2/c1-11(20)19(14-5-3-2-4-12(14)10-16)9-8-17-15(21)18-13-6-7-13/h2-5,13H,6-9H2,1H3,(H2,17,18,21). The van der Waals surface area contributed by atoms with Crippen LogP contribution < -0.4 is 15.5 Å². The highest BCUT2D eigenvalue weighted by atomic mass is 16.2. The molecule has 0 heterocycles. The van der Waals surface area contributed by atoms with E-state index in [0.29, 0.717) is 30.4 Å². The first-order chi connectivity index (χ1) is 10.1. The van der Waals surface area contributed by atoms with Gasteiger partial charge in [0.05, 0.1) is 11.3 Å². The third kappa shape index (κ3) is 4.21. The molecule has 0 saturated heterocycles. The number of hydrogen-bond acceptors (Lipinski definition) is 3. The van der Waals surface area contributed by atoms with E-state index in [4.69, 9.17) is 5.26 Å². The Morgan fingerprint density at radius 2 is 2.10 bits per heavy atom. The van der Waals surface area contributed by atoms with Crippen LogP contribution >= 0.6 is 0 Å². The quantitative estimate of drug-likeness (QED) is 0.857. The average molecular weight is 286 g/mol. The monoisotopic (exact) mass is 286 g/mol. The summed E-state index contributed by atoms with van der Waals surface area (Å²) >= 11 is 0. The second kappa shape index (κ2) is 6.75. The van der Waals surface area contributed by atoms with Crippen LogP contribution in [0.5, 0.6) is 0 Å². The van der Waals surface area contributed by atoms with Gasteiger partial charge in [-0.15, -0.1) is 0 Å². The Hall–Kier alpha value is -2.55. The van der Waals surface area contributed by atoms with Crippen molar-refractivity contribution in [3.05, 3.63) is 29.8 Å². The number of benzene rings is 1. The van der Waals surface area contributed by atoms with Crippen LogP contribution in [0.3, 0.4) is 0 Å². The van der Waals surface area contributed by atoms with Crippen LogP contribution in [0.25, 0.3) is 0 Å². The van der Waals surface area contributed by atoms with Gasteiger partial charge in [-0.25, -0.2) is 4.79 Å². The lowest BCUT2D eigenvalue weighted by molar-refractivity contribution is -0.116. The summed E-state index contributed by atoms with van der Waals surface area (Å²) in [5.41, 5.74) is 1.01. The number of carbonyl (C=O) groups excluding carboxylic acids is 2. The van der Waals surface area contributed by atoms with Crippen molar-refractivity contribution in [2.45, 2.75) is 25.8 Å². The Bertz CT molecular complexity index is 575. The molecule has 110 valence electrons. The summed E-state index contributed by atoms with van der Waals surface area (Å²) in [7, 11) is 0. The molecule has 1 fully saturated rings. The van der Waals surface area contributed by atoms with Crippen molar-refractivity contribution in [1.82, 2.24) is 10.6 Å². The molecule has 1 aromatic rings. The van der Waals surface area contributed by atoms with Crippen LogP contribution in [-0.2, 0) is 4.79 Å². The van der Waals surface area contributed by atoms with Crippen molar-refractivity contribution in [3.8, 4) is 6.07 Å². The largest absolute Gasteiger partial charge is 0.336 e. The molecule has 3 amide bonds. The van der Waals surface area contributed by atoms with Crippen LogP contribution in [0, 0.1) is 11.3 Å². The van der Waals surface area contributed by atoms with E-state index in [0.717, 1.165) is 12.8 Å². The number of amides is 3. The highest BCUT2D eigenvalue weighted by Crippen LogP contribution is 2.19. The second-order valence-corrected chi connectivity index (χ2v) is 4.97. The first-order valence-corrected chi connectivity index (χ1v) is 6.93. The summed E-state index contributed by atoms with van der Waals surface area (Å²) in [6.07, 6.45) is 2.06. The summed E-state index contributed by atoms with van der Waals surface area (Å²) in [6, 6.07) is 9.08. The molecule has 1 saturated carbocycles. The maximum absolute atomic E-state index is 11.8. The molecule has 0 spiro atoms. The zero-order valence-corrected chi connectivity index (χ0v) is 11.9. The van der Waals surface area contributed by atoms with Crippen molar-refractivity contribution >= 4 is 17.6 Å². The summed E-state index contributed by atoms with van der Waals surface area (Å²) in [6.45, 7) is 2.10. The Labute approximate surface area is 123 Å². The van der Waals surface area contributed by atoms with Crippen molar-refractivity contribution in [2.75, 3.05) is 18.0 Å². The Morgan fingerprint density at radius 3 is 2.71 bits per heavy atom. The molecule has 6 nitrogen and oxygen atoms in total. The molecule has 0 aliphatic heterocycles. The number of nitriles is 1. The van der Waals surface area contributed by atoms with Gasteiger partial charge in [0.15, 0.2) is 0 Å². The zero-order chi connectivity index (χ0) is 15.2. The van der Waals surface area contributed by atoms with E-state index in [9.17, 15) is 9.59 Å². The van der Waals surface area contributed by atoms with Crippen molar-refractivity contribution in [3.63, 3.8) is 0 Å². The highest BCUT2D eigenvalue weighted by molar-refractivity contribution is 5.93. The van der Waals surface area contributed by atoms with Crippen LogP contribution in [0.1, 0.15) is 25.3 Å². The number of hydrogen-bond donors (Lipinski definition) is 2. The highest BCUT2D eigenvalue weighted by Gasteiger charge is 2.23. The van der Waals surface area contributed by atoms with Gasteiger partial charge in [-0.3, -0.25) is 4.79 Å². The van der Waals surface area contributed by atoms with E-state index in [1.54, 1.807) is 24.3 Å². The van der Waals surface area contributed by atoms with E-state index in [1.807, 2.05) is 0 Å². The zero-order valence-electron chi connectivity index (χ0n) is 11.9. The fraction of sp³-hybridized carbons (Fsp3) is 0.400. The molecule has 0 atom stereocenters. The maximum atomic E-state index is 11.8. The smallest absolute Gasteiger partial charge is 0.315 e. The number of urea groups is 1. The maximum Gasteiger partial charge on any atom is 0.315 e.